The number of benzene rings is 1. The van der Waals surface area contributed by atoms with Crippen molar-refractivity contribution in [2.24, 2.45) is 0 Å². The first-order valence-corrected chi connectivity index (χ1v) is 6.60. The number of thiophene rings is 1. The molecule has 1 aromatic carbocycles. The monoisotopic (exact) mass is 241 g/mol. The minimum absolute atomic E-state index is 0.367. The van der Waals surface area contributed by atoms with Crippen LogP contribution < -0.4 is 5.32 Å². The summed E-state index contributed by atoms with van der Waals surface area (Å²) in [5.74, 6) is 6.27. The molecule has 0 radical (unpaired) electrons. The molecule has 0 amide bonds. The number of nitrogens with one attached hydrogen (secondary N) is 1. The summed E-state index contributed by atoms with van der Waals surface area (Å²) in [5, 5.41) is 7.66. The summed E-state index contributed by atoms with van der Waals surface area (Å²) in [6.07, 6.45) is 0. The van der Waals surface area contributed by atoms with Gasteiger partial charge in [0, 0.05) is 11.6 Å². The molecule has 0 saturated carbocycles. The molecule has 0 bridgehead atoms. The SMILES string of the molecule is CC(NCC#Cc1ccccc1)c1ccsc1. The largest absolute Gasteiger partial charge is 0.300 e. The van der Waals surface area contributed by atoms with Crippen LogP contribution in [0.25, 0.3) is 0 Å². The average Bonchev–Trinajstić information content (AvgIpc) is 2.89. The highest BCUT2D eigenvalue weighted by atomic mass is 32.1. The molecule has 0 spiro atoms. The summed E-state index contributed by atoms with van der Waals surface area (Å²) in [5.41, 5.74) is 2.40. The van der Waals surface area contributed by atoms with E-state index in [2.05, 4.69) is 40.9 Å². The molecule has 0 fully saturated rings. The molecule has 1 aromatic heterocycles. The molecule has 1 N–H and O–H groups in total. The highest BCUT2D eigenvalue weighted by Crippen LogP contribution is 2.14. The molecule has 2 rings (SSSR count). The van der Waals surface area contributed by atoms with E-state index in [1.165, 1.54) is 5.56 Å². The van der Waals surface area contributed by atoms with Crippen molar-refractivity contribution in [1.82, 2.24) is 5.32 Å². The third-order valence-corrected chi connectivity index (χ3v) is 3.25. The smallest absolute Gasteiger partial charge is 0.0584 e. The molecule has 86 valence electrons. The van der Waals surface area contributed by atoms with Crippen molar-refractivity contribution < 1.29 is 0 Å². The average molecular weight is 241 g/mol. The van der Waals surface area contributed by atoms with Crippen molar-refractivity contribution in [3.05, 3.63) is 58.3 Å². The minimum Gasteiger partial charge on any atom is -0.300 e. The van der Waals surface area contributed by atoms with Gasteiger partial charge >= 0.3 is 0 Å². The van der Waals surface area contributed by atoms with Gasteiger partial charge in [0.15, 0.2) is 0 Å². The molecule has 0 saturated heterocycles. The van der Waals surface area contributed by atoms with Crippen molar-refractivity contribution in [3.63, 3.8) is 0 Å². The highest BCUT2D eigenvalue weighted by Gasteiger charge is 2.02. The van der Waals surface area contributed by atoms with Crippen LogP contribution in [0.3, 0.4) is 0 Å². The maximum Gasteiger partial charge on any atom is 0.0584 e. The van der Waals surface area contributed by atoms with E-state index in [-0.39, 0.29) is 0 Å². The maximum atomic E-state index is 3.39. The van der Waals surface area contributed by atoms with Gasteiger partial charge in [-0.3, -0.25) is 5.32 Å². The Balaban J connectivity index is 1.82. The Morgan fingerprint density at radius 1 is 1.24 bits per heavy atom. The Morgan fingerprint density at radius 3 is 2.76 bits per heavy atom. The van der Waals surface area contributed by atoms with Gasteiger partial charge in [0.05, 0.1) is 6.54 Å². The molecule has 17 heavy (non-hydrogen) atoms. The van der Waals surface area contributed by atoms with Gasteiger partial charge < -0.3 is 0 Å². The van der Waals surface area contributed by atoms with Crippen molar-refractivity contribution in [1.29, 1.82) is 0 Å². The molecule has 0 aliphatic carbocycles. The standard InChI is InChI=1S/C15H15NS/c1-13(15-9-11-17-12-15)16-10-5-8-14-6-3-2-4-7-14/h2-4,6-7,9,11-13,16H,10H2,1H3. The van der Waals surface area contributed by atoms with Crippen LogP contribution in [-0.4, -0.2) is 6.54 Å². The van der Waals surface area contributed by atoms with E-state index in [1.807, 2.05) is 30.3 Å². The van der Waals surface area contributed by atoms with Crippen LogP contribution in [0.1, 0.15) is 24.1 Å². The second-order valence-corrected chi connectivity index (χ2v) is 4.61. The summed E-state index contributed by atoms with van der Waals surface area (Å²) in [7, 11) is 0. The van der Waals surface area contributed by atoms with Gasteiger partial charge in [-0.2, -0.15) is 11.3 Å². The Labute approximate surface area is 107 Å². The second kappa shape index (κ2) is 6.24. The molecular weight excluding hydrogens is 226 g/mol. The van der Waals surface area contributed by atoms with Gasteiger partial charge in [-0.1, -0.05) is 30.0 Å². The molecule has 1 heterocycles. The molecule has 1 unspecified atom stereocenters. The van der Waals surface area contributed by atoms with Crippen LogP contribution in [-0.2, 0) is 0 Å². The first-order chi connectivity index (χ1) is 8.36. The molecule has 0 aliphatic heterocycles. The predicted molar refractivity (Wildman–Crippen MR) is 74.1 cm³/mol. The van der Waals surface area contributed by atoms with Gasteiger partial charge in [0.1, 0.15) is 0 Å². The van der Waals surface area contributed by atoms with Crippen molar-refractivity contribution in [2.75, 3.05) is 6.54 Å². The van der Waals surface area contributed by atoms with Crippen LogP contribution >= 0.6 is 11.3 Å². The molecule has 2 aromatic rings. The lowest BCUT2D eigenvalue weighted by Gasteiger charge is -2.08. The lowest BCUT2D eigenvalue weighted by atomic mass is 10.2. The van der Waals surface area contributed by atoms with Crippen LogP contribution in [0.5, 0.6) is 0 Å². The summed E-state index contributed by atoms with van der Waals surface area (Å²) in [6.45, 7) is 2.87. The van der Waals surface area contributed by atoms with E-state index in [4.69, 9.17) is 0 Å². The Morgan fingerprint density at radius 2 is 2.06 bits per heavy atom. The summed E-state index contributed by atoms with van der Waals surface area (Å²) in [4.78, 5) is 0. The zero-order valence-corrected chi connectivity index (χ0v) is 10.6. The third-order valence-electron chi connectivity index (χ3n) is 2.55. The zero-order valence-electron chi connectivity index (χ0n) is 9.81. The van der Waals surface area contributed by atoms with Gasteiger partial charge in [0.2, 0.25) is 0 Å². The summed E-state index contributed by atoms with van der Waals surface area (Å²) < 4.78 is 0. The second-order valence-electron chi connectivity index (χ2n) is 3.83. The first-order valence-electron chi connectivity index (χ1n) is 5.65. The number of hydrogen-bond acceptors (Lipinski definition) is 2. The fraction of sp³-hybridized carbons (Fsp3) is 0.200. The van der Waals surface area contributed by atoms with Gasteiger partial charge in [-0.25, -0.2) is 0 Å². The van der Waals surface area contributed by atoms with Crippen molar-refractivity contribution in [2.45, 2.75) is 13.0 Å². The van der Waals surface area contributed by atoms with Gasteiger partial charge in [-0.15, -0.1) is 0 Å². The Hall–Kier alpha value is -1.56. The number of hydrogen-bond donors (Lipinski definition) is 1. The lowest BCUT2D eigenvalue weighted by Crippen LogP contribution is -2.18. The van der Waals surface area contributed by atoms with Crippen LogP contribution in [0.2, 0.25) is 0 Å². The van der Waals surface area contributed by atoms with E-state index < -0.39 is 0 Å². The van der Waals surface area contributed by atoms with Crippen LogP contribution in [0.15, 0.2) is 47.2 Å². The topological polar surface area (TPSA) is 12.0 Å². The number of rotatable bonds is 3. The molecule has 1 atom stereocenters. The van der Waals surface area contributed by atoms with Crippen LogP contribution in [0.4, 0.5) is 0 Å². The van der Waals surface area contributed by atoms with Crippen molar-refractivity contribution >= 4 is 11.3 Å². The van der Waals surface area contributed by atoms with Crippen LogP contribution in [0, 0.1) is 11.8 Å². The zero-order chi connectivity index (χ0) is 11.9. The van der Waals surface area contributed by atoms with Gasteiger partial charge in [0.25, 0.3) is 0 Å². The van der Waals surface area contributed by atoms with E-state index in [0.717, 1.165) is 5.56 Å². The molecule has 0 aliphatic rings. The fourth-order valence-corrected chi connectivity index (χ4v) is 2.27. The first kappa shape index (κ1) is 11.9. The minimum atomic E-state index is 0.367. The van der Waals surface area contributed by atoms with Crippen molar-refractivity contribution in [3.8, 4) is 11.8 Å². The summed E-state index contributed by atoms with van der Waals surface area (Å²) in [6, 6.07) is 12.6. The van der Waals surface area contributed by atoms with E-state index in [9.17, 15) is 0 Å². The fourth-order valence-electron chi connectivity index (χ4n) is 1.51. The quantitative estimate of drug-likeness (QED) is 0.812. The predicted octanol–water partition coefficient (Wildman–Crippen LogP) is 3.45. The Kier molecular flexibility index (Phi) is 4.37. The van der Waals surface area contributed by atoms with E-state index in [1.54, 1.807) is 11.3 Å². The Bertz CT molecular complexity index is 491. The molecule has 2 heteroatoms. The van der Waals surface area contributed by atoms with E-state index in [0.29, 0.717) is 12.6 Å². The van der Waals surface area contributed by atoms with Gasteiger partial charge in [-0.05, 0) is 41.4 Å². The normalized spacial score (nSPS) is 11.6. The third kappa shape index (κ3) is 3.74. The van der Waals surface area contributed by atoms with E-state index >= 15 is 0 Å². The highest BCUT2D eigenvalue weighted by molar-refractivity contribution is 7.07. The molecule has 1 nitrogen and oxygen atoms in total. The maximum absolute atomic E-state index is 3.39. The lowest BCUT2D eigenvalue weighted by molar-refractivity contribution is 0.625. The summed E-state index contributed by atoms with van der Waals surface area (Å²) >= 11 is 1.73. The molecular formula is C15H15NS.